The number of aromatic nitrogens is 1. The van der Waals surface area contributed by atoms with Crippen molar-refractivity contribution in [3.63, 3.8) is 0 Å². The lowest BCUT2D eigenvalue weighted by atomic mass is 9.71. The minimum atomic E-state index is 0.457. The maximum atomic E-state index is 6.12. The highest BCUT2D eigenvalue weighted by molar-refractivity contribution is 5.11. The highest BCUT2D eigenvalue weighted by atomic mass is 16.5. The molecule has 132 valence electrons. The van der Waals surface area contributed by atoms with E-state index >= 15 is 0 Å². The summed E-state index contributed by atoms with van der Waals surface area (Å²) < 4.78 is 6.12. The second-order valence-corrected chi connectivity index (χ2v) is 8.23. The van der Waals surface area contributed by atoms with Gasteiger partial charge in [-0.2, -0.15) is 0 Å². The van der Waals surface area contributed by atoms with Crippen LogP contribution in [0.5, 0.6) is 0 Å². The molecule has 0 amide bonds. The molecule has 4 nitrogen and oxygen atoms in total. The van der Waals surface area contributed by atoms with E-state index in [1.807, 2.05) is 0 Å². The minimum Gasteiger partial charge on any atom is -0.381 e. The molecule has 24 heavy (non-hydrogen) atoms. The van der Waals surface area contributed by atoms with Crippen molar-refractivity contribution < 1.29 is 4.74 Å². The number of hydrogen-bond donors (Lipinski definition) is 1. The van der Waals surface area contributed by atoms with Crippen LogP contribution in [-0.2, 0) is 11.3 Å². The van der Waals surface area contributed by atoms with Crippen LogP contribution in [-0.4, -0.2) is 49.3 Å². The zero-order valence-electron chi connectivity index (χ0n) is 15.0. The molecule has 0 bridgehead atoms. The number of piperidine rings is 1. The minimum absolute atomic E-state index is 0.457. The summed E-state index contributed by atoms with van der Waals surface area (Å²) in [6, 6.07) is 6.37. The Morgan fingerprint density at radius 1 is 1.25 bits per heavy atom. The number of ether oxygens (including phenoxy) is 1. The molecular weight excluding hydrogens is 298 g/mol. The molecule has 3 heterocycles. The maximum absolute atomic E-state index is 6.12. The number of nitrogens with one attached hydrogen (secondary N) is 1. The molecular formula is C20H31N3O. The molecule has 1 aliphatic carbocycles. The van der Waals surface area contributed by atoms with Gasteiger partial charge in [-0.15, -0.1) is 0 Å². The van der Waals surface area contributed by atoms with Crippen molar-refractivity contribution in [3.8, 4) is 0 Å². The summed E-state index contributed by atoms with van der Waals surface area (Å²) in [5.41, 5.74) is 2.78. The molecule has 0 radical (unpaired) electrons. The van der Waals surface area contributed by atoms with Gasteiger partial charge in [0.2, 0.25) is 0 Å². The molecule has 0 aromatic carbocycles. The van der Waals surface area contributed by atoms with Gasteiger partial charge in [-0.05, 0) is 69.2 Å². The van der Waals surface area contributed by atoms with Crippen molar-refractivity contribution in [2.75, 3.05) is 39.4 Å². The standard InChI is InChI=1S/C20H31N3O/c1-16-3-2-4-19(22-16)12-23-11-18(14-24-13-17-5-6-17)20(15-23)7-9-21-10-8-20/h2-4,17-18,21H,5-15H2,1H3/t18-/m0/s1. The molecule has 4 heteroatoms. The van der Waals surface area contributed by atoms with Crippen molar-refractivity contribution >= 4 is 0 Å². The largest absolute Gasteiger partial charge is 0.381 e. The second-order valence-electron chi connectivity index (χ2n) is 8.23. The predicted molar refractivity (Wildman–Crippen MR) is 95.8 cm³/mol. The van der Waals surface area contributed by atoms with Gasteiger partial charge in [-0.1, -0.05) is 6.07 Å². The lowest BCUT2D eigenvalue weighted by Crippen LogP contribution is -2.43. The third-order valence-corrected chi connectivity index (χ3v) is 6.18. The van der Waals surface area contributed by atoms with Gasteiger partial charge in [-0.25, -0.2) is 0 Å². The quantitative estimate of drug-likeness (QED) is 0.870. The Balaban J connectivity index is 1.40. The van der Waals surface area contributed by atoms with E-state index in [-0.39, 0.29) is 0 Å². The maximum Gasteiger partial charge on any atom is 0.0547 e. The topological polar surface area (TPSA) is 37.4 Å². The van der Waals surface area contributed by atoms with Crippen LogP contribution in [0, 0.1) is 24.2 Å². The van der Waals surface area contributed by atoms with E-state index in [0.29, 0.717) is 11.3 Å². The smallest absolute Gasteiger partial charge is 0.0547 e. The zero-order valence-corrected chi connectivity index (χ0v) is 15.0. The van der Waals surface area contributed by atoms with Crippen LogP contribution in [0.1, 0.15) is 37.1 Å². The van der Waals surface area contributed by atoms with Gasteiger partial charge in [0.25, 0.3) is 0 Å². The lowest BCUT2D eigenvalue weighted by molar-refractivity contribution is 0.0400. The molecule has 1 atom stereocenters. The average molecular weight is 329 g/mol. The molecule has 4 rings (SSSR count). The number of rotatable bonds is 6. The van der Waals surface area contributed by atoms with E-state index in [2.05, 4.69) is 35.3 Å². The van der Waals surface area contributed by atoms with Gasteiger partial charge in [-0.3, -0.25) is 9.88 Å². The van der Waals surface area contributed by atoms with Crippen molar-refractivity contribution in [3.05, 3.63) is 29.6 Å². The Morgan fingerprint density at radius 2 is 2.08 bits per heavy atom. The molecule has 1 saturated carbocycles. The summed E-state index contributed by atoms with van der Waals surface area (Å²) in [7, 11) is 0. The normalized spacial score (nSPS) is 27.0. The van der Waals surface area contributed by atoms with E-state index in [9.17, 15) is 0 Å². The Bertz CT molecular complexity index is 552. The van der Waals surface area contributed by atoms with Crippen molar-refractivity contribution in [2.45, 2.75) is 39.2 Å². The first kappa shape index (κ1) is 16.5. The fourth-order valence-electron chi connectivity index (χ4n) is 4.56. The number of pyridine rings is 1. The Kier molecular flexibility index (Phi) is 4.88. The molecule has 2 saturated heterocycles. The highest BCUT2D eigenvalue weighted by Gasteiger charge is 2.46. The van der Waals surface area contributed by atoms with Gasteiger partial charge in [0, 0.05) is 37.9 Å². The summed E-state index contributed by atoms with van der Waals surface area (Å²) in [6.45, 7) is 9.71. The number of nitrogens with zero attached hydrogens (tertiary/aromatic N) is 2. The SMILES string of the molecule is Cc1cccc(CN2C[C@@H](COCC3CC3)C3(CCNCC3)C2)n1. The first-order valence-electron chi connectivity index (χ1n) is 9.67. The fourth-order valence-corrected chi connectivity index (χ4v) is 4.56. The summed E-state index contributed by atoms with van der Waals surface area (Å²) >= 11 is 0. The molecule has 1 N–H and O–H groups in total. The van der Waals surface area contributed by atoms with Gasteiger partial charge in [0.15, 0.2) is 0 Å². The van der Waals surface area contributed by atoms with E-state index in [1.54, 1.807) is 0 Å². The lowest BCUT2D eigenvalue weighted by Gasteiger charge is -2.38. The third kappa shape index (κ3) is 3.81. The molecule has 2 aliphatic heterocycles. The Morgan fingerprint density at radius 3 is 2.83 bits per heavy atom. The molecule has 1 aromatic heterocycles. The summed E-state index contributed by atoms with van der Waals surface area (Å²) in [6.07, 6.45) is 5.35. The zero-order chi connectivity index (χ0) is 16.4. The summed E-state index contributed by atoms with van der Waals surface area (Å²) in [5, 5.41) is 3.54. The molecule has 0 unspecified atom stereocenters. The summed E-state index contributed by atoms with van der Waals surface area (Å²) in [4.78, 5) is 7.33. The fraction of sp³-hybridized carbons (Fsp3) is 0.750. The Hall–Kier alpha value is -0.970. The van der Waals surface area contributed by atoms with Gasteiger partial charge in [0.1, 0.15) is 0 Å². The van der Waals surface area contributed by atoms with E-state index in [1.165, 1.54) is 44.5 Å². The molecule has 3 fully saturated rings. The van der Waals surface area contributed by atoms with Crippen LogP contribution < -0.4 is 5.32 Å². The molecule has 1 aromatic rings. The predicted octanol–water partition coefficient (Wildman–Crippen LogP) is 2.62. The van der Waals surface area contributed by atoms with Gasteiger partial charge >= 0.3 is 0 Å². The number of hydrogen-bond acceptors (Lipinski definition) is 4. The summed E-state index contributed by atoms with van der Waals surface area (Å²) in [5.74, 6) is 1.55. The first-order valence-corrected chi connectivity index (χ1v) is 9.67. The van der Waals surface area contributed by atoms with Crippen LogP contribution >= 0.6 is 0 Å². The number of aryl methyl sites for hydroxylation is 1. The third-order valence-electron chi connectivity index (χ3n) is 6.18. The van der Waals surface area contributed by atoms with Crippen LogP contribution in [0.15, 0.2) is 18.2 Å². The van der Waals surface area contributed by atoms with E-state index in [0.717, 1.165) is 44.5 Å². The van der Waals surface area contributed by atoms with Crippen molar-refractivity contribution in [2.24, 2.45) is 17.3 Å². The van der Waals surface area contributed by atoms with Gasteiger partial charge in [0.05, 0.1) is 12.3 Å². The van der Waals surface area contributed by atoms with Crippen LogP contribution in [0.25, 0.3) is 0 Å². The van der Waals surface area contributed by atoms with E-state index < -0.39 is 0 Å². The van der Waals surface area contributed by atoms with Crippen molar-refractivity contribution in [1.82, 2.24) is 15.2 Å². The molecule has 3 aliphatic rings. The Labute approximate surface area is 146 Å². The first-order chi connectivity index (χ1) is 11.7. The van der Waals surface area contributed by atoms with Crippen LogP contribution in [0.2, 0.25) is 0 Å². The molecule has 1 spiro atoms. The highest BCUT2D eigenvalue weighted by Crippen LogP contribution is 2.44. The monoisotopic (exact) mass is 329 g/mol. The van der Waals surface area contributed by atoms with Crippen molar-refractivity contribution in [1.29, 1.82) is 0 Å². The van der Waals surface area contributed by atoms with Crippen LogP contribution in [0.3, 0.4) is 0 Å². The van der Waals surface area contributed by atoms with E-state index in [4.69, 9.17) is 9.72 Å². The average Bonchev–Trinajstić information content (AvgIpc) is 3.33. The second kappa shape index (κ2) is 7.11. The van der Waals surface area contributed by atoms with Crippen LogP contribution in [0.4, 0.5) is 0 Å². The number of likely N-dealkylation sites (tertiary alicyclic amines) is 1. The van der Waals surface area contributed by atoms with Gasteiger partial charge < -0.3 is 10.1 Å².